The molecule has 2 rings (SSSR count). The molecule has 1 N–H and O–H groups in total. The molecular weight excluding hydrogens is 326 g/mol. The van der Waals surface area contributed by atoms with Gasteiger partial charge in [-0.05, 0) is 38.3 Å². The maximum absolute atomic E-state index is 12.8. The zero-order chi connectivity index (χ0) is 17.9. The van der Waals surface area contributed by atoms with Crippen molar-refractivity contribution in [3.05, 3.63) is 50.5 Å². The first-order valence-electron chi connectivity index (χ1n) is 7.99. The Labute approximate surface area is 147 Å². The average Bonchev–Trinajstić information content (AvgIpc) is 2.51. The van der Waals surface area contributed by atoms with Gasteiger partial charge in [0.15, 0.2) is 5.82 Å². The molecule has 1 aromatic heterocycles. The van der Waals surface area contributed by atoms with E-state index < -0.39 is 0 Å². The lowest BCUT2D eigenvalue weighted by molar-refractivity contribution is 0.151. The van der Waals surface area contributed by atoms with Gasteiger partial charge in [0.25, 0.3) is 5.56 Å². The number of hydrogen-bond acceptors (Lipinski definition) is 4. The number of rotatable bonds is 6. The van der Waals surface area contributed by atoms with Crippen LogP contribution < -0.4 is 10.9 Å². The number of aryl methyl sites for hydroxylation is 3. The lowest BCUT2D eigenvalue weighted by Crippen LogP contribution is -2.29. The van der Waals surface area contributed by atoms with Crippen LogP contribution in [0.5, 0.6) is 0 Å². The Bertz CT molecular complexity index is 763. The molecule has 0 bridgehead atoms. The minimum absolute atomic E-state index is 0.0799. The summed E-state index contributed by atoms with van der Waals surface area (Å²) < 4.78 is 6.81. The molecule has 0 amide bonds. The molecule has 2 aromatic rings. The topological polar surface area (TPSA) is 56.1 Å². The monoisotopic (exact) mass is 349 g/mol. The van der Waals surface area contributed by atoms with Crippen LogP contribution in [0.3, 0.4) is 0 Å². The lowest BCUT2D eigenvalue weighted by Gasteiger charge is -2.19. The number of halogens is 1. The molecule has 6 heteroatoms. The van der Waals surface area contributed by atoms with Crippen LogP contribution in [-0.4, -0.2) is 23.3 Å². The molecule has 0 spiro atoms. The maximum Gasteiger partial charge on any atom is 0.294 e. The van der Waals surface area contributed by atoms with Gasteiger partial charge in [-0.15, -0.1) is 0 Å². The highest BCUT2D eigenvalue weighted by molar-refractivity contribution is 6.29. The summed E-state index contributed by atoms with van der Waals surface area (Å²) in [5, 5.41) is 3.44. The summed E-state index contributed by atoms with van der Waals surface area (Å²) in [6, 6.07) is 4.06. The first-order chi connectivity index (χ1) is 11.4. The molecule has 0 saturated carbocycles. The Morgan fingerprint density at radius 2 is 1.92 bits per heavy atom. The van der Waals surface area contributed by atoms with E-state index in [9.17, 15) is 4.79 Å². The predicted molar refractivity (Wildman–Crippen MR) is 98.6 cm³/mol. The van der Waals surface area contributed by atoms with Gasteiger partial charge in [0, 0.05) is 19.0 Å². The fourth-order valence-electron chi connectivity index (χ4n) is 2.91. The summed E-state index contributed by atoms with van der Waals surface area (Å²) in [7, 11) is 1.62. The van der Waals surface area contributed by atoms with Crippen LogP contribution in [0, 0.1) is 20.8 Å². The first-order valence-corrected chi connectivity index (χ1v) is 8.37. The maximum atomic E-state index is 12.8. The Kier molecular flexibility index (Phi) is 6.02. The first kappa shape index (κ1) is 18.5. The average molecular weight is 350 g/mol. The summed E-state index contributed by atoms with van der Waals surface area (Å²) in [6.45, 7) is 8.51. The molecule has 5 nitrogen and oxygen atoms in total. The van der Waals surface area contributed by atoms with Crippen molar-refractivity contribution >= 4 is 23.1 Å². The molecular formula is C18H24ClN3O2. The molecule has 0 fully saturated rings. The van der Waals surface area contributed by atoms with Gasteiger partial charge in [-0.3, -0.25) is 4.79 Å². The summed E-state index contributed by atoms with van der Waals surface area (Å²) in [4.78, 5) is 17.0. The van der Waals surface area contributed by atoms with E-state index in [1.807, 2.05) is 27.7 Å². The van der Waals surface area contributed by atoms with Crippen molar-refractivity contribution in [3.63, 3.8) is 0 Å². The zero-order valence-electron chi connectivity index (χ0n) is 14.8. The molecule has 1 aromatic carbocycles. The zero-order valence-corrected chi connectivity index (χ0v) is 15.6. The normalized spacial score (nSPS) is 12.2. The number of anilines is 2. The lowest BCUT2D eigenvalue weighted by atomic mass is 10.1. The van der Waals surface area contributed by atoms with Gasteiger partial charge in [0.2, 0.25) is 0 Å². The number of ether oxygens (including phenoxy) is 1. The highest BCUT2D eigenvalue weighted by Crippen LogP contribution is 2.25. The summed E-state index contributed by atoms with van der Waals surface area (Å²) in [6.07, 6.45) is 2.33. The molecule has 1 unspecified atom stereocenters. The van der Waals surface area contributed by atoms with Gasteiger partial charge in [-0.25, -0.2) is 4.98 Å². The van der Waals surface area contributed by atoms with E-state index in [0.29, 0.717) is 6.61 Å². The van der Waals surface area contributed by atoms with Gasteiger partial charge in [0.05, 0.1) is 12.6 Å². The molecule has 24 heavy (non-hydrogen) atoms. The van der Waals surface area contributed by atoms with Gasteiger partial charge in [0.1, 0.15) is 5.15 Å². The van der Waals surface area contributed by atoms with E-state index in [2.05, 4.69) is 22.4 Å². The Hall–Kier alpha value is -1.85. The summed E-state index contributed by atoms with van der Waals surface area (Å²) in [5.41, 5.74) is 3.98. The Morgan fingerprint density at radius 1 is 1.29 bits per heavy atom. The molecule has 0 radical (unpaired) electrons. The van der Waals surface area contributed by atoms with Crippen molar-refractivity contribution < 1.29 is 4.74 Å². The third-order valence-electron chi connectivity index (χ3n) is 4.05. The number of nitrogens with one attached hydrogen (secondary N) is 1. The minimum atomic E-state index is -0.206. The van der Waals surface area contributed by atoms with Gasteiger partial charge < -0.3 is 14.6 Å². The smallest absolute Gasteiger partial charge is 0.294 e. The quantitative estimate of drug-likeness (QED) is 0.850. The second kappa shape index (κ2) is 7.81. The number of benzene rings is 1. The second-order valence-electron chi connectivity index (χ2n) is 6.04. The van der Waals surface area contributed by atoms with Crippen molar-refractivity contribution in [1.29, 1.82) is 0 Å². The van der Waals surface area contributed by atoms with Crippen LogP contribution in [0.15, 0.2) is 23.1 Å². The summed E-state index contributed by atoms with van der Waals surface area (Å²) >= 11 is 6.14. The molecule has 0 aliphatic rings. The van der Waals surface area contributed by atoms with E-state index in [-0.39, 0.29) is 22.6 Å². The highest BCUT2D eigenvalue weighted by Gasteiger charge is 2.16. The van der Waals surface area contributed by atoms with Gasteiger partial charge in [-0.2, -0.15) is 0 Å². The fourth-order valence-corrected chi connectivity index (χ4v) is 3.10. The number of methoxy groups -OCH3 is 1. The van der Waals surface area contributed by atoms with E-state index in [1.54, 1.807) is 17.9 Å². The molecule has 0 saturated heterocycles. The van der Waals surface area contributed by atoms with Crippen LogP contribution in [0.25, 0.3) is 0 Å². The molecule has 1 atom stereocenters. The SMILES string of the molecule is CCC(COC)n1cc(Cl)nc(Nc2c(C)cc(C)cc2C)c1=O. The Balaban J connectivity index is 2.49. The number of hydrogen-bond donors (Lipinski definition) is 1. The van der Waals surface area contributed by atoms with Crippen molar-refractivity contribution in [2.75, 3.05) is 19.0 Å². The minimum Gasteiger partial charge on any atom is -0.383 e. The predicted octanol–water partition coefficient (Wildman–Crippen LogP) is 4.16. The van der Waals surface area contributed by atoms with Crippen molar-refractivity contribution in [1.82, 2.24) is 9.55 Å². The van der Waals surface area contributed by atoms with E-state index >= 15 is 0 Å². The highest BCUT2D eigenvalue weighted by atomic mass is 35.5. The van der Waals surface area contributed by atoms with Crippen LogP contribution in [-0.2, 0) is 4.74 Å². The van der Waals surface area contributed by atoms with E-state index in [1.165, 1.54) is 5.56 Å². The molecule has 0 aliphatic heterocycles. The van der Waals surface area contributed by atoms with Crippen molar-refractivity contribution in [2.24, 2.45) is 0 Å². The van der Waals surface area contributed by atoms with Crippen LogP contribution >= 0.6 is 11.6 Å². The molecule has 1 heterocycles. The van der Waals surface area contributed by atoms with Crippen LogP contribution in [0.1, 0.15) is 36.1 Å². The molecule has 130 valence electrons. The van der Waals surface area contributed by atoms with Gasteiger partial charge in [-0.1, -0.05) is 36.2 Å². The second-order valence-corrected chi connectivity index (χ2v) is 6.43. The standard InChI is InChI=1S/C18H24ClN3O2/c1-6-14(10-24-5)22-9-15(19)20-17(18(22)23)21-16-12(3)7-11(2)8-13(16)4/h7-9,14H,6,10H2,1-5H3,(H,20,21). The van der Waals surface area contributed by atoms with Crippen LogP contribution in [0.4, 0.5) is 11.5 Å². The van der Waals surface area contributed by atoms with E-state index in [0.717, 1.165) is 23.2 Å². The summed E-state index contributed by atoms with van der Waals surface area (Å²) in [5.74, 6) is 0.229. The fraction of sp³-hybridized carbons (Fsp3) is 0.444. The molecule has 0 aliphatic carbocycles. The third-order valence-corrected chi connectivity index (χ3v) is 4.23. The van der Waals surface area contributed by atoms with Crippen LogP contribution in [0.2, 0.25) is 5.15 Å². The largest absolute Gasteiger partial charge is 0.383 e. The number of aromatic nitrogens is 2. The third kappa shape index (κ3) is 3.97. The van der Waals surface area contributed by atoms with E-state index in [4.69, 9.17) is 16.3 Å². The Morgan fingerprint density at radius 3 is 2.46 bits per heavy atom. The van der Waals surface area contributed by atoms with Gasteiger partial charge >= 0.3 is 0 Å². The van der Waals surface area contributed by atoms with Crippen molar-refractivity contribution in [3.8, 4) is 0 Å². The van der Waals surface area contributed by atoms with Crippen molar-refractivity contribution in [2.45, 2.75) is 40.2 Å². The number of nitrogens with zero attached hydrogens (tertiary/aromatic N) is 2.